The highest BCUT2D eigenvalue weighted by atomic mass is 32.2. The minimum atomic E-state index is -4.97. The van der Waals surface area contributed by atoms with Crippen LogP contribution in [0.15, 0.2) is 41.3 Å². The maximum absolute atomic E-state index is 13.1. The highest BCUT2D eigenvalue weighted by molar-refractivity contribution is 7.87. The van der Waals surface area contributed by atoms with Crippen molar-refractivity contribution in [1.29, 1.82) is 0 Å². The highest BCUT2D eigenvalue weighted by Gasteiger charge is 2.43. The van der Waals surface area contributed by atoms with Crippen molar-refractivity contribution < 1.29 is 36.1 Å². The van der Waals surface area contributed by atoms with Crippen LogP contribution in [0, 0.1) is 0 Å². The predicted molar refractivity (Wildman–Crippen MR) is 82.2 cm³/mol. The predicted octanol–water partition coefficient (Wildman–Crippen LogP) is 2.88. The minimum Gasteiger partial charge on any atom is -0.492 e. The average Bonchev–Trinajstić information content (AvgIpc) is 3.24. The van der Waals surface area contributed by atoms with Crippen molar-refractivity contribution in [3.8, 4) is 11.8 Å². The summed E-state index contributed by atoms with van der Waals surface area (Å²) in [7, 11) is -4.97. The Hall–Kier alpha value is -2.62. The molecule has 1 aromatic heterocycles. The maximum atomic E-state index is 13.1. The van der Waals surface area contributed by atoms with Crippen molar-refractivity contribution in [2.75, 3.05) is 0 Å². The number of allylic oxidation sites excluding steroid dienone is 2. The molecule has 10 heteroatoms. The second-order valence-corrected chi connectivity index (χ2v) is 7.62. The van der Waals surface area contributed by atoms with Crippen LogP contribution in [0.25, 0.3) is 0 Å². The smallest absolute Gasteiger partial charge is 0.417 e. The first kappa shape index (κ1) is 16.8. The molecule has 2 aliphatic rings. The van der Waals surface area contributed by atoms with E-state index in [2.05, 4.69) is 4.28 Å². The second-order valence-electron chi connectivity index (χ2n) is 6.13. The standard InChI is InChI=1S/C16H12F3NO5S/c17-16(18,19)10-3-1-2-4-11(10)26(23,24)25-20-14(21)12-8-5-6-9(7-8)13(12)15(20)22/h1-6,8-9,21-22H,7H2. The van der Waals surface area contributed by atoms with Gasteiger partial charge in [0.05, 0.1) is 5.56 Å². The largest absolute Gasteiger partial charge is 0.492 e. The number of aromatic nitrogens is 1. The van der Waals surface area contributed by atoms with Gasteiger partial charge in [-0.25, -0.2) is 0 Å². The van der Waals surface area contributed by atoms with Crippen LogP contribution >= 0.6 is 0 Å². The van der Waals surface area contributed by atoms with E-state index >= 15 is 0 Å². The third-order valence-corrected chi connectivity index (χ3v) is 5.86. The number of hydrogen-bond acceptors (Lipinski definition) is 5. The van der Waals surface area contributed by atoms with Crippen molar-refractivity contribution in [2.45, 2.75) is 29.3 Å². The van der Waals surface area contributed by atoms with Crippen LogP contribution in [0.1, 0.15) is 34.9 Å². The van der Waals surface area contributed by atoms with E-state index in [0.717, 1.165) is 18.2 Å². The lowest BCUT2D eigenvalue weighted by Crippen LogP contribution is -2.23. The molecule has 2 atom stereocenters. The molecule has 2 aliphatic carbocycles. The number of aromatic hydroxyl groups is 2. The average molecular weight is 387 g/mol. The quantitative estimate of drug-likeness (QED) is 0.791. The van der Waals surface area contributed by atoms with E-state index in [9.17, 15) is 31.8 Å². The minimum absolute atomic E-state index is 0.198. The molecule has 6 nitrogen and oxygen atoms in total. The number of hydrogen-bond donors (Lipinski definition) is 2. The van der Waals surface area contributed by atoms with Crippen LogP contribution in [-0.4, -0.2) is 23.4 Å². The molecule has 0 saturated carbocycles. The van der Waals surface area contributed by atoms with Crippen LogP contribution in [0.4, 0.5) is 13.2 Å². The van der Waals surface area contributed by atoms with Gasteiger partial charge in [-0.1, -0.05) is 29.0 Å². The van der Waals surface area contributed by atoms with Crippen molar-refractivity contribution in [3.63, 3.8) is 0 Å². The van der Waals surface area contributed by atoms with E-state index in [1.54, 1.807) is 0 Å². The summed E-state index contributed by atoms with van der Waals surface area (Å²) in [5.74, 6) is -1.67. The summed E-state index contributed by atoms with van der Waals surface area (Å²) in [5, 5.41) is 20.5. The maximum Gasteiger partial charge on any atom is 0.417 e. The van der Waals surface area contributed by atoms with E-state index in [1.807, 2.05) is 12.2 Å². The zero-order chi connectivity index (χ0) is 18.9. The molecule has 4 rings (SSSR count). The zero-order valence-electron chi connectivity index (χ0n) is 12.9. The van der Waals surface area contributed by atoms with E-state index in [1.165, 1.54) is 0 Å². The molecule has 1 aromatic carbocycles. The van der Waals surface area contributed by atoms with Gasteiger partial charge >= 0.3 is 16.3 Å². The lowest BCUT2D eigenvalue weighted by atomic mass is 10.0. The molecule has 2 unspecified atom stereocenters. The molecule has 2 N–H and O–H groups in total. The number of nitrogens with zero attached hydrogens (tertiary/aromatic N) is 1. The SMILES string of the molecule is O=S(=O)(On1c(O)c2c(c1O)C1C=CC2C1)c1ccccc1C(F)(F)F. The molecule has 0 spiro atoms. The number of benzene rings is 1. The van der Waals surface area contributed by atoms with Crippen molar-refractivity contribution in [2.24, 2.45) is 0 Å². The summed E-state index contributed by atoms with van der Waals surface area (Å²) >= 11 is 0. The summed E-state index contributed by atoms with van der Waals surface area (Å²) in [6.07, 6.45) is -0.664. The van der Waals surface area contributed by atoms with Crippen molar-refractivity contribution in [1.82, 2.24) is 4.73 Å². The monoisotopic (exact) mass is 387 g/mol. The van der Waals surface area contributed by atoms with Crippen LogP contribution in [0.2, 0.25) is 0 Å². The third-order valence-electron chi connectivity index (χ3n) is 4.62. The summed E-state index contributed by atoms with van der Waals surface area (Å²) in [4.78, 5) is -1.11. The molecule has 2 bridgehead atoms. The van der Waals surface area contributed by atoms with E-state index in [0.29, 0.717) is 23.6 Å². The Labute approximate surface area is 145 Å². The molecule has 138 valence electrons. The number of rotatable bonds is 3. The summed E-state index contributed by atoms with van der Waals surface area (Å²) in [6, 6.07) is 3.51. The Balaban J connectivity index is 1.78. The van der Waals surface area contributed by atoms with Gasteiger partial charge in [0.1, 0.15) is 4.90 Å². The summed E-state index contributed by atoms with van der Waals surface area (Å²) in [6.45, 7) is 0. The van der Waals surface area contributed by atoms with E-state index in [4.69, 9.17) is 0 Å². The van der Waals surface area contributed by atoms with Gasteiger partial charge in [-0.3, -0.25) is 4.28 Å². The van der Waals surface area contributed by atoms with Crippen LogP contribution in [0.3, 0.4) is 0 Å². The zero-order valence-corrected chi connectivity index (χ0v) is 13.8. The van der Waals surface area contributed by atoms with Gasteiger partial charge in [0, 0.05) is 23.0 Å². The van der Waals surface area contributed by atoms with Crippen LogP contribution < -0.4 is 4.28 Å². The van der Waals surface area contributed by atoms with Crippen molar-refractivity contribution in [3.05, 3.63) is 53.1 Å². The van der Waals surface area contributed by atoms with Gasteiger partial charge < -0.3 is 10.2 Å². The van der Waals surface area contributed by atoms with Gasteiger partial charge in [0.2, 0.25) is 11.8 Å². The fourth-order valence-corrected chi connectivity index (χ4v) is 4.66. The third kappa shape index (κ3) is 2.28. The topological polar surface area (TPSA) is 88.8 Å². The highest BCUT2D eigenvalue weighted by Crippen LogP contribution is 2.56. The molecule has 26 heavy (non-hydrogen) atoms. The number of fused-ring (bicyclic) bond motifs is 5. The first-order valence-electron chi connectivity index (χ1n) is 7.57. The van der Waals surface area contributed by atoms with Crippen molar-refractivity contribution >= 4 is 10.1 Å². The molecule has 0 aliphatic heterocycles. The van der Waals surface area contributed by atoms with Gasteiger partial charge in [0.15, 0.2) is 0 Å². The Bertz CT molecular complexity index is 1000. The van der Waals surface area contributed by atoms with E-state index in [-0.39, 0.29) is 16.6 Å². The van der Waals surface area contributed by atoms with Crippen LogP contribution in [0.5, 0.6) is 11.8 Å². The first-order valence-corrected chi connectivity index (χ1v) is 8.98. The molecular weight excluding hydrogens is 375 g/mol. The number of halogens is 3. The van der Waals surface area contributed by atoms with Crippen LogP contribution in [-0.2, 0) is 16.3 Å². The van der Waals surface area contributed by atoms with Gasteiger partial charge in [-0.15, -0.1) is 0 Å². The molecule has 0 fully saturated rings. The summed E-state index contributed by atoms with van der Waals surface area (Å²) < 4.78 is 69.0. The Kier molecular flexibility index (Phi) is 3.36. The molecule has 1 heterocycles. The number of alkyl halides is 3. The molecule has 0 amide bonds. The van der Waals surface area contributed by atoms with Gasteiger partial charge in [0.25, 0.3) is 0 Å². The normalized spacial score (nSPS) is 21.2. The molecule has 0 saturated heterocycles. The Morgan fingerprint density at radius 1 is 1.04 bits per heavy atom. The second kappa shape index (κ2) is 5.19. The Morgan fingerprint density at radius 2 is 1.58 bits per heavy atom. The van der Waals surface area contributed by atoms with Gasteiger partial charge in [-0.05, 0) is 18.6 Å². The summed E-state index contributed by atoms with van der Waals surface area (Å²) in [5.41, 5.74) is -0.746. The lowest BCUT2D eigenvalue weighted by Gasteiger charge is -2.14. The molecular formula is C16H12F3NO5S. The fraction of sp³-hybridized carbons (Fsp3) is 0.250. The molecule has 2 aromatic rings. The fourth-order valence-electron chi connectivity index (χ4n) is 3.55. The van der Waals surface area contributed by atoms with Gasteiger partial charge in [-0.2, -0.15) is 21.6 Å². The van der Waals surface area contributed by atoms with E-state index < -0.39 is 38.5 Å². The lowest BCUT2D eigenvalue weighted by molar-refractivity contribution is -0.140. The molecule has 0 radical (unpaired) electrons. The Morgan fingerprint density at radius 3 is 2.12 bits per heavy atom. The first-order chi connectivity index (χ1) is 12.1.